The molecule has 8 heteroatoms. The van der Waals surface area contributed by atoms with Crippen LogP contribution in [0.4, 0.5) is 5.82 Å². The number of aromatic amines is 1. The molecule has 2 aromatic carbocycles. The van der Waals surface area contributed by atoms with Crippen LogP contribution >= 0.6 is 11.8 Å². The number of rotatable bonds is 8. The fourth-order valence-electron chi connectivity index (χ4n) is 4.76. The van der Waals surface area contributed by atoms with Gasteiger partial charge in [-0.3, -0.25) is 9.59 Å². The zero-order chi connectivity index (χ0) is 25.1. The number of H-pyrrole nitrogens is 1. The van der Waals surface area contributed by atoms with E-state index in [9.17, 15) is 9.59 Å². The molecular weight excluding hydrogens is 474 g/mol. The number of Topliss-reactive ketones (excluding diaryl/α,β-unsaturated/α-hetero) is 1. The predicted molar refractivity (Wildman–Crippen MR) is 141 cm³/mol. The van der Waals surface area contributed by atoms with E-state index in [4.69, 9.17) is 14.5 Å². The third kappa shape index (κ3) is 4.78. The van der Waals surface area contributed by atoms with E-state index in [1.165, 1.54) is 11.8 Å². The Morgan fingerprint density at radius 3 is 2.69 bits per heavy atom. The van der Waals surface area contributed by atoms with E-state index in [1.54, 1.807) is 7.11 Å². The number of fused-ring (bicyclic) bond motifs is 1. The highest BCUT2D eigenvalue weighted by atomic mass is 32.2. The van der Waals surface area contributed by atoms with Gasteiger partial charge in [-0.15, -0.1) is 0 Å². The molecule has 0 spiro atoms. The van der Waals surface area contributed by atoms with Crippen molar-refractivity contribution in [3.8, 4) is 11.5 Å². The molecule has 1 aromatic heterocycles. The summed E-state index contributed by atoms with van der Waals surface area (Å²) < 4.78 is 11.7. The van der Waals surface area contributed by atoms with E-state index in [-0.39, 0.29) is 11.3 Å². The Kier molecular flexibility index (Phi) is 7.13. The van der Waals surface area contributed by atoms with E-state index in [0.717, 1.165) is 41.8 Å². The monoisotopic (exact) mass is 503 g/mol. The number of ether oxygens (including phenoxy) is 2. The van der Waals surface area contributed by atoms with Crippen molar-refractivity contribution in [2.45, 2.75) is 50.3 Å². The van der Waals surface area contributed by atoms with Gasteiger partial charge in [-0.05, 0) is 42.5 Å². The van der Waals surface area contributed by atoms with Crippen LogP contribution < -0.4 is 20.3 Å². The van der Waals surface area contributed by atoms with Crippen molar-refractivity contribution in [1.29, 1.82) is 0 Å². The average Bonchev–Trinajstić information content (AvgIpc) is 2.90. The van der Waals surface area contributed by atoms with Crippen LogP contribution in [0.3, 0.4) is 0 Å². The molecule has 0 saturated heterocycles. The largest absolute Gasteiger partial charge is 0.493 e. The number of nitrogens with one attached hydrogen (secondary N) is 2. The molecule has 7 nitrogen and oxygen atoms in total. The lowest BCUT2D eigenvalue weighted by Gasteiger charge is -2.33. The summed E-state index contributed by atoms with van der Waals surface area (Å²) in [5.41, 5.74) is 3.56. The maximum Gasteiger partial charge on any atom is 0.257 e. The molecule has 36 heavy (non-hydrogen) atoms. The molecular formula is C28H29N3O4S. The van der Waals surface area contributed by atoms with Crippen LogP contribution in [0.2, 0.25) is 0 Å². The first kappa shape index (κ1) is 24.2. The van der Waals surface area contributed by atoms with Gasteiger partial charge in [0.15, 0.2) is 22.4 Å². The van der Waals surface area contributed by atoms with Crippen molar-refractivity contribution >= 4 is 23.4 Å². The molecule has 0 amide bonds. The lowest BCUT2D eigenvalue weighted by molar-refractivity contribution is -0.116. The van der Waals surface area contributed by atoms with Gasteiger partial charge in [0.1, 0.15) is 12.4 Å². The Morgan fingerprint density at radius 2 is 1.92 bits per heavy atom. The van der Waals surface area contributed by atoms with Crippen LogP contribution in [-0.4, -0.2) is 28.6 Å². The minimum Gasteiger partial charge on any atom is -0.493 e. The van der Waals surface area contributed by atoms with Crippen LogP contribution in [0.25, 0.3) is 0 Å². The molecule has 1 unspecified atom stereocenters. The second kappa shape index (κ2) is 10.6. The van der Waals surface area contributed by atoms with Crippen LogP contribution in [-0.2, 0) is 11.4 Å². The average molecular weight is 504 g/mol. The summed E-state index contributed by atoms with van der Waals surface area (Å²) in [4.78, 5) is 34.2. The second-order valence-corrected chi connectivity index (χ2v) is 9.98. The number of ketones is 1. The van der Waals surface area contributed by atoms with Crippen LogP contribution in [0, 0.1) is 0 Å². The standard InChI is InChI=1S/C28H29N3O4S/c1-3-14-36-28-30-26-25(27(33)31-28)23(24-19(29-26)10-7-11-20(24)32)18-12-13-21(34-2)22(15-18)35-16-17-8-5-4-6-9-17/h4-6,8-9,12-13,15,23H,3,7,10-11,14,16H2,1-2H3,(H2,29,30,31,33). The molecule has 0 fully saturated rings. The second-order valence-electron chi connectivity index (χ2n) is 8.89. The molecule has 0 radical (unpaired) electrons. The van der Waals surface area contributed by atoms with Crippen molar-refractivity contribution in [3.05, 3.63) is 86.8 Å². The number of hydrogen-bond donors (Lipinski definition) is 2. The minimum atomic E-state index is -0.532. The van der Waals surface area contributed by atoms with Gasteiger partial charge in [0.05, 0.1) is 12.7 Å². The van der Waals surface area contributed by atoms with Crippen LogP contribution in [0.1, 0.15) is 55.2 Å². The minimum absolute atomic E-state index is 0.0609. The van der Waals surface area contributed by atoms with Gasteiger partial charge in [0.2, 0.25) is 0 Å². The molecule has 0 bridgehead atoms. The van der Waals surface area contributed by atoms with Crippen molar-refractivity contribution in [1.82, 2.24) is 9.97 Å². The maximum atomic E-state index is 13.4. The fourth-order valence-corrected chi connectivity index (χ4v) is 5.48. The first-order valence-corrected chi connectivity index (χ1v) is 13.2. The number of nitrogens with zero attached hydrogens (tertiary/aromatic N) is 1. The van der Waals surface area contributed by atoms with Crippen LogP contribution in [0.5, 0.6) is 11.5 Å². The maximum absolute atomic E-state index is 13.4. The van der Waals surface area contributed by atoms with Crippen molar-refractivity contribution < 1.29 is 14.3 Å². The van der Waals surface area contributed by atoms with Gasteiger partial charge in [0, 0.05) is 29.4 Å². The predicted octanol–water partition coefficient (Wildman–Crippen LogP) is 5.42. The van der Waals surface area contributed by atoms with Gasteiger partial charge < -0.3 is 19.8 Å². The number of benzene rings is 2. The van der Waals surface area contributed by atoms with E-state index >= 15 is 0 Å². The fraction of sp³-hybridized carbons (Fsp3) is 0.321. The van der Waals surface area contributed by atoms with E-state index in [1.807, 2.05) is 48.5 Å². The number of carbonyl (C=O) groups excluding carboxylic acids is 1. The smallest absolute Gasteiger partial charge is 0.257 e. The Morgan fingerprint density at radius 1 is 1.08 bits per heavy atom. The molecule has 3 aromatic rings. The van der Waals surface area contributed by atoms with Crippen LogP contribution in [0.15, 0.2) is 69.8 Å². The lowest BCUT2D eigenvalue weighted by atomic mass is 9.76. The summed E-state index contributed by atoms with van der Waals surface area (Å²) in [6.45, 7) is 2.46. The van der Waals surface area contributed by atoms with Gasteiger partial charge in [-0.2, -0.15) is 0 Å². The first-order valence-electron chi connectivity index (χ1n) is 12.2. The Bertz CT molecular complexity index is 1370. The SMILES string of the molecule is CCCSc1nc2c(c(=O)[nH]1)C(c1ccc(OC)c(OCc3ccccc3)c1)C1=C(CCCC1=O)N2. The lowest BCUT2D eigenvalue weighted by Crippen LogP contribution is -2.32. The molecule has 1 aliphatic carbocycles. The molecule has 1 aliphatic heterocycles. The number of aromatic nitrogens is 2. The van der Waals surface area contributed by atoms with E-state index in [2.05, 4.69) is 17.2 Å². The third-order valence-electron chi connectivity index (χ3n) is 6.44. The molecule has 0 saturated carbocycles. The molecule has 2 heterocycles. The van der Waals surface area contributed by atoms with E-state index in [0.29, 0.717) is 46.6 Å². The molecule has 5 rings (SSSR count). The molecule has 1 atom stereocenters. The van der Waals surface area contributed by atoms with Crippen molar-refractivity contribution in [3.63, 3.8) is 0 Å². The van der Waals surface area contributed by atoms with Crippen molar-refractivity contribution in [2.75, 3.05) is 18.2 Å². The number of anilines is 1. The zero-order valence-corrected chi connectivity index (χ0v) is 21.2. The molecule has 186 valence electrons. The Balaban J connectivity index is 1.59. The summed E-state index contributed by atoms with van der Waals surface area (Å²) in [5.74, 6) is 2.06. The number of methoxy groups -OCH3 is 1. The van der Waals surface area contributed by atoms with Gasteiger partial charge in [-0.25, -0.2) is 4.98 Å². The van der Waals surface area contributed by atoms with Gasteiger partial charge >= 0.3 is 0 Å². The topological polar surface area (TPSA) is 93.3 Å². The summed E-state index contributed by atoms with van der Waals surface area (Å²) in [6, 6.07) is 15.5. The molecule has 2 N–H and O–H groups in total. The number of carbonyl (C=O) groups is 1. The van der Waals surface area contributed by atoms with Crippen molar-refractivity contribution in [2.24, 2.45) is 0 Å². The van der Waals surface area contributed by atoms with Gasteiger partial charge in [-0.1, -0.05) is 55.1 Å². The third-order valence-corrected chi connectivity index (χ3v) is 7.52. The summed E-state index contributed by atoms with van der Waals surface area (Å²) >= 11 is 1.52. The quantitative estimate of drug-likeness (QED) is 0.313. The molecule has 2 aliphatic rings. The summed E-state index contributed by atoms with van der Waals surface area (Å²) in [5, 5.41) is 3.91. The highest BCUT2D eigenvalue weighted by molar-refractivity contribution is 7.99. The van der Waals surface area contributed by atoms with Gasteiger partial charge in [0.25, 0.3) is 5.56 Å². The highest BCUT2D eigenvalue weighted by Gasteiger charge is 2.38. The normalized spacial score (nSPS) is 16.7. The first-order chi connectivity index (χ1) is 17.6. The number of allylic oxidation sites excluding steroid dienone is 2. The Hall–Kier alpha value is -3.52. The summed E-state index contributed by atoms with van der Waals surface area (Å²) in [6.07, 6.45) is 2.97. The number of thioether (sulfide) groups is 1. The summed E-state index contributed by atoms with van der Waals surface area (Å²) in [7, 11) is 1.60. The Labute approximate surface area is 214 Å². The van der Waals surface area contributed by atoms with E-state index < -0.39 is 5.92 Å². The highest BCUT2D eigenvalue weighted by Crippen LogP contribution is 2.45. The number of hydrogen-bond acceptors (Lipinski definition) is 7. The zero-order valence-electron chi connectivity index (χ0n) is 20.4.